The van der Waals surface area contributed by atoms with Crippen LogP contribution in [0.15, 0.2) is 145 Å². The first-order chi connectivity index (χ1) is 36.9. The number of aromatic nitrogens is 4. The molecule has 10 rings (SSSR count). The summed E-state index contributed by atoms with van der Waals surface area (Å²) >= 11 is 0. The molecule has 0 aliphatic carbocycles. The molecule has 4 N–H and O–H groups in total. The number of ether oxygens (including phenoxy) is 2. The molecule has 3 aliphatic heterocycles. The lowest BCUT2D eigenvalue weighted by Gasteiger charge is -2.26. The van der Waals surface area contributed by atoms with E-state index in [2.05, 4.69) is 27.8 Å². The van der Waals surface area contributed by atoms with Crippen molar-refractivity contribution >= 4 is 52.5 Å². The van der Waals surface area contributed by atoms with Crippen LogP contribution in [0.5, 0.6) is 0 Å². The number of aryl methyl sites for hydroxylation is 1. The Kier molecular flexibility index (Phi) is 15.1. The third-order valence-electron chi connectivity index (χ3n) is 13.5. The van der Waals surface area contributed by atoms with Gasteiger partial charge in [-0.05, 0) is 115 Å². The normalized spacial score (nSPS) is 15.5. The molecule has 0 saturated carbocycles. The molecule has 3 aliphatic rings. The number of anilines is 3. The van der Waals surface area contributed by atoms with E-state index in [0.717, 1.165) is 33.6 Å². The number of carbonyl (C=O) groups excluding carboxylic acids is 5. The van der Waals surface area contributed by atoms with Crippen LogP contribution in [-0.4, -0.2) is 142 Å². The summed E-state index contributed by atoms with van der Waals surface area (Å²) < 4.78 is 14.5. The number of pyridine rings is 2. The van der Waals surface area contributed by atoms with Crippen molar-refractivity contribution in [2.75, 3.05) is 82.9 Å². The number of fused-ring (bicyclic) bond motifs is 1. The van der Waals surface area contributed by atoms with Crippen LogP contribution in [0.2, 0.25) is 0 Å². The average molecular weight is 1020 g/mol. The average Bonchev–Trinajstić information content (AvgIpc) is 3.90. The van der Waals surface area contributed by atoms with E-state index in [1.54, 1.807) is 62.8 Å². The van der Waals surface area contributed by atoms with Gasteiger partial charge in [-0.3, -0.25) is 24.0 Å². The second kappa shape index (κ2) is 22.7. The maximum Gasteiger partial charge on any atom is 0.254 e. The zero-order valence-electron chi connectivity index (χ0n) is 42.3. The second-order valence-corrected chi connectivity index (χ2v) is 18.8. The fourth-order valence-electron chi connectivity index (χ4n) is 9.41. The maximum absolute atomic E-state index is 13.8. The lowest BCUT2D eigenvalue weighted by Crippen LogP contribution is -2.49. The van der Waals surface area contributed by atoms with Crippen molar-refractivity contribution in [2.45, 2.75) is 19.4 Å². The maximum atomic E-state index is 13.8. The largest absolute Gasteiger partial charge is 0.378 e. The van der Waals surface area contributed by atoms with Crippen LogP contribution < -0.4 is 26.8 Å². The van der Waals surface area contributed by atoms with Gasteiger partial charge in [-0.1, -0.05) is 30.8 Å². The number of piperazine rings is 1. The van der Waals surface area contributed by atoms with E-state index in [1.165, 1.54) is 4.90 Å². The number of amides is 5. The van der Waals surface area contributed by atoms with Gasteiger partial charge in [-0.2, -0.15) is 4.98 Å². The molecule has 0 bridgehead atoms. The number of hydrogen-bond donors (Lipinski definition) is 4. The van der Waals surface area contributed by atoms with Gasteiger partial charge in [0.25, 0.3) is 23.6 Å². The number of nitrogens with zero attached hydrogens (tertiary/aromatic N) is 8. The predicted octanol–water partition coefficient (Wildman–Crippen LogP) is 5.51. The number of hydrogen-bond acceptors (Lipinski definition) is 12. The van der Waals surface area contributed by atoms with Gasteiger partial charge in [0.2, 0.25) is 11.9 Å². The lowest BCUT2D eigenvalue weighted by atomic mass is 10.0. The minimum absolute atomic E-state index is 0.0123. The molecule has 19 nitrogen and oxygen atoms in total. The zero-order chi connectivity index (χ0) is 52.7. The molecule has 0 radical (unpaired) electrons. The Labute approximate surface area is 438 Å². The molecular formula is C57H58N12O7. The van der Waals surface area contributed by atoms with Crippen molar-refractivity contribution in [3.8, 4) is 22.3 Å². The fourth-order valence-corrected chi connectivity index (χ4v) is 9.41. The first-order valence-corrected chi connectivity index (χ1v) is 25.3. The van der Waals surface area contributed by atoms with Crippen LogP contribution in [0.1, 0.15) is 54.0 Å². The molecule has 3 fully saturated rings. The lowest BCUT2D eigenvalue weighted by molar-refractivity contribution is -0.123. The van der Waals surface area contributed by atoms with E-state index in [4.69, 9.17) is 24.5 Å². The highest BCUT2D eigenvalue weighted by Gasteiger charge is 2.24. The molecule has 3 aromatic heterocycles. The Morgan fingerprint density at radius 1 is 0.684 bits per heavy atom. The van der Waals surface area contributed by atoms with Gasteiger partial charge in [-0.15, -0.1) is 5.10 Å². The van der Waals surface area contributed by atoms with Gasteiger partial charge in [-0.25, -0.2) is 9.51 Å². The minimum Gasteiger partial charge on any atom is -0.378 e. The first kappa shape index (κ1) is 50.6. The third-order valence-corrected chi connectivity index (χ3v) is 13.5. The molecule has 7 aromatic rings. The highest BCUT2D eigenvalue weighted by atomic mass is 16.5. The summed E-state index contributed by atoms with van der Waals surface area (Å²) in [5.74, 6) is -0.0116. The van der Waals surface area contributed by atoms with E-state index >= 15 is 0 Å². The fraction of sp³-hybridized carbons (Fsp3) is 0.263. The number of benzene rings is 4. The van der Waals surface area contributed by atoms with Gasteiger partial charge < -0.3 is 50.0 Å². The quantitative estimate of drug-likeness (QED) is 0.107. The van der Waals surface area contributed by atoms with E-state index < -0.39 is 0 Å². The highest BCUT2D eigenvalue weighted by molar-refractivity contribution is 5.98. The molecule has 4 aromatic carbocycles. The molecular weight excluding hydrogens is 965 g/mol. The van der Waals surface area contributed by atoms with Gasteiger partial charge in [0.15, 0.2) is 5.65 Å². The highest BCUT2D eigenvalue weighted by Crippen LogP contribution is 2.28. The minimum atomic E-state index is -0.334. The van der Waals surface area contributed by atoms with Crippen LogP contribution in [-0.2, 0) is 27.7 Å². The Morgan fingerprint density at radius 3 is 1.84 bits per heavy atom. The second-order valence-electron chi connectivity index (χ2n) is 18.8. The summed E-state index contributed by atoms with van der Waals surface area (Å²) in [5.41, 5.74) is 8.77. The van der Waals surface area contributed by atoms with E-state index in [-0.39, 0.29) is 42.1 Å². The molecule has 388 valence electrons. The summed E-state index contributed by atoms with van der Waals surface area (Å²) in [6.45, 7) is 11.3. The summed E-state index contributed by atoms with van der Waals surface area (Å²) in [7, 11) is 1.90. The Balaban J connectivity index is 0.839. The van der Waals surface area contributed by atoms with Crippen molar-refractivity contribution in [2.24, 2.45) is 12.0 Å². The summed E-state index contributed by atoms with van der Waals surface area (Å²) in [4.78, 5) is 80.1. The van der Waals surface area contributed by atoms with E-state index in [1.807, 2.05) is 97.5 Å². The molecule has 76 heavy (non-hydrogen) atoms. The molecule has 6 heterocycles. The molecule has 0 spiro atoms. The van der Waals surface area contributed by atoms with Gasteiger partial charge in [0, 0.05) is 115 Å². The number of morpholine rings is 2. The molecule has 19 heteroatoms. The number of carbonyl (C=O) groups is 5. The topological polar surface area (TPSA) is 209 Å². The third kappa shape index (κ3) is 11.5. The van der Waals surface area contributed by atoms with Crippen LogP contribution in [0.25, 0.3) is 27.9 Å². The smallest absolute Gasteiger partial charge is 0.254 e. The molecule has 1 unspecified atom stereocenters. The molecule has 3 saturated heterocycles. The first-order valence-electron chi connectivity index (χ1n) is 25.3. The van der Waals surface area contributed by atoms with Crippen molar-refractivity contribution in [3.05, 3.63) is 173 Å². The Hall–Kier alpha value is -8.94. The van der Waals surface area contributed by atoms with Crippen LogP contribution in [0.3, 0.4) is 0 Å². The van der Waals surface area contributed by atoms with Crippen molar-refractivity contribution < 1.29 is 33.4 Å². The summed E-state index contributed by atoms with van der Waals surface area (Å²) in [6.07, 6.45) is 2.30. The van der Waals surface area contributed by atoms with Crippen molar-refractivity contribution in [3.63, 3.8) is 0 Å². The monoisotopic (exact) mass is 1020 g/mol. The SMILES string of the molecule is C=C(/N=c1/c(-c2ccc(C(=O)NC(C)Cc3ccc(-c4ccc(C(=O)N5CCNC(=O)C5)cc4)c4nc(Nc5ccc(C(=O)N6CCOCC6)cc5)nn34)cc2)cccn1C)Nc1ccc(C(=O)N2CCOCC2)cc1. The molecule has 5 amide bonds. The van der Waals surface area contributed by atoms with E-state index in [0.29, 0.717) is 123 Å². The Bertz CT molecular complexity index is 3380. The zero-order valence-corrected chi connectivity index (χ0v) is 42.3. The van der Waals surface area contributed by atoms with Crippen LogP contribution >= 0.6 is 0 Å². The van der Waals surface area contributed by atoms with Crippen LogP contribution in [0.4, 0.5) is 17.3 Å². The molecule has 1 atom stereocenters. The standard InChI is InChI=1S/C57H58N12O7/c1-37(59-53(71)41-10-6-39(7-11-41)48-5-4-25-65(3)51(48)61-38(2)60-45-18-14-43(15-19-45)54(72)66-27-31-75-32-28-66)35-47-22-23-49(40-8-12-42(13-9-40)56(74)68-26-24-58-50(70)36-68)52-63-57(64-69(47)52)62-46-20-16-44(17-21-46)55(73)67-29-33-76-34-30-67/h4-23,25,37,60H,2,24,26-36H2,1,3H3,(H,58,70)(H,59,71)(H,62,64)/b61-51-. The van der Waals surface area contributed by atoms with Gasteiger partial charge in [0.05, 0.1) is 33.0 Å². The van der Waals surface area contributed by atoms with Gasteiger partial charge >= 0.3 is 0 Å². The number of rotatable bonds is 14. The predicted molar refractivity (Wildman–Crippen MR) is 287 cm³/mol. The summed E-state index contributed by atoms with van der Waals surface area (Å²) in [6, 6.07) is 36.5. The van der Waals surface area contributed by atoms with Crippen molar-refractivity contribution in [1.29, 1.82) is 0 Å². The van der Waals surface area contributed by atoms with Crippen molar-refractivity contribution in [1.82, 2.24) is 44.5 Å². The van der Waals surface area contributed by atoms with Crippen LogP contribution in [0, 0.1) is 0 Å². The van der Waals surface area contributed by atoms with Gasteiger partial charge in [0.1, 0.15) is 11.3 Å². The Morgan fingerprint density at radius 2 is 1.24 bits per heavy atom. The number of nitrogens with one attached hydrogen (secondary N) is 4. The van der Waals surface area contributed by atoms with E-state index in [9.17, 15) is 24.0 Å². The summed E-state index contributed by atoms with van der Waals surface area (Å²) in [5, 5.41) is 17.4.